The van der Waals surface area contributed by atoms with Gasteiger partial charge in [0.15, 0.2) is 0 Å². The maximum absolute atomic E-state index is 12.1. The van der Waals surface area contributed by atoms with E-state index in [1.54, 1.807) is 12.0 Å². The van der Waals surface area contributed by atoms with Crippen LogP contribution in [0.1, 0.15) is 6.92 Å². The van der Waals surface area contributed by atoms with Crippen molar-refractivity contribution in [1.29, 1.82) is 0 Å². The highest BCUT2D eigenvalue weighted by Gasteiger charge is 2.26. The van der Waals surface area contributed by atoms with Gasteiger partial charge in [-0.15, -0.1) is 0 Å². The number of anilines is 1. The third-order valence-electron chi connectivity index (χ3n) is 2.75. The number of urea groups is 1. The smallest absolute Gasteiger partial charge is 0.322 e. The molecule has 1 atom stereocenters. The Bertz CT molecular complexity index is 422. The molecular formula is C13H18N2O3. The summed E-state index contributed by atoms with van der Waals surface area (Å²) in [6.45, 7) is 3.51. The predicted octanol–water partition coefficient (Wildman–Crippen LogP) is 1.63. The second kappa shape index (κ2) is 5.73. The zero-order valence-electron chi connectivity index (χ0n) is 10.7. The van der Waals surface area contributed by atoms with Gasteiger partial charge in [0.05, 0.1) is 18.8 Å². The second-order valence-corrected chi connectivity index (χ2v) is 4.23. The summed E-state index contributed by atoms with van der Waals surface area (Å²) in [4.78, 5) is 13.8. The van der Waals surface area contributed by atoms with Crippen LogP contribution in [-0.4, -0.2) is 38.9 Å². The van der Waals surface area contributed by atoms with E-state index in [9.17, 15) is 4.79 Å². The highest BCUT2D eigenvalue weighted by molar-refractivity contribution is 5.94. The molecule has 2 rings (SSSR count). The number of hydrogen-bond acceptors (Lipinski definition) is 3. The largest absolute Gasteiger partial charge is 0.487 e. The van der Waals surface area contributed by atoms with Crippen molar-refractivity contribution in [2.75, 3.05) is 31.7 Å². The molecule has 0 radical (unpaired) electrons. The number of para-hydroxylation sites is 2. The zero-order valence-corrected chi connectivity index (χ0v) is 10.7. The Balaban J connectivity index is 2.10. The van der Waals surface area contributed by atoms with Crippen molar-refractivity contribution >= 4 is 11.7 Å². The third kappa shape index (κ3) is 2.73. The van der Waals surface area contributed by atoms with Crippen LogP contribution in [0.25, 0.3) is 0 Å². The van der Waals surface area contributed by atoms with Crippen LogP contribution in [0.4, 0.5) is 10.5 Å². The van der Waals surface area contributed by atoms with Gasteiger partial charge in [0, 0.05) is 13.7 Å². The highest BCUT2D eigenvalue weighted by Crippen LogP contribution is 2.32. The van der Waals surface area contributed by atoms with Gasteiger partial charge in [-0.25, -0.2) is 4.79 Å². The van der Waals surface area contributed by atoms with E-state index < -0.39 is 0 Å². The average molecular weight is 250 g/mol. The van der Waals surface area contributed by atoms with Gasteiger partial charge >= 0.3 is 6.03 Å². The molecule has 0 fully saturated rings. The number of rotatable bonds is 3. The van der Waals surface area contributed by atoms with E-state index in [-0.39, 0.29) is 12.1 Å². The molecule has 1 unspecified atom stereocenters. The SMILES string of the molecule is COCCNC(=O)N1CC(C)Oc2ccccc21. The van der Waals surface area contributed by atoms with E-state index in [1.807, 2.05) is 31.2 Å². The van der Waals surface area contributed by atoms with Gasteiger partial charge < -0.3 is 14.8 Å². The van der Waals surface area contributed by atoms with Gasteiger partial charge in [-0.1, -0.05) is 12.1 Å². The Morgan fingerprint density at radius 2 is 2.33 bits per heavy atom. The van der Waals surface area contributed by atoms with Crippen molar-refractivity contribution in [2.45, 2.75) is 13.0 Å². The zero-order chi connectivity index (χ0) is 13.0. The lowest BCUT2D eigenvalue weighted by Crippen LogP contribution is -2.47. The van der Waals surface area contributed by atoms with Crippen LogP contribution in [0.3, 0.4) is 0 Å². The van der Waals surface area contributed by atoms with Crippen LogP contribution in [0.15, 0.2) is 24.3 Å². The van der Waals surface area contributed by atoms with Gasteiger partial charge in [-0.05, 0) is 19.1 Å². The van der Waals surface area contributed by atoms with Crippen LogP contribution in [0.5, 0.6) is 5.75 Å². The number of carbonyl (C=O) groups is 1. The molecule has 5 nitrogen and oxygen atoms in total. The lowest BCUT2D eigenvalue weighted by atomic mass is 10.2. The lowest BCUT2D eigenvalue weighted by molar-refractivity contribution is 0.191. The Kier molecular flexibility index (Phi) is 4.04. The molecular weight excluding hydrogens is 232 g/mol. The van der Waals surface area contributed by atoms with Gasteiger partial charge in [-0.2, -0.15) is 0 Å². The first-order chi connectivity index (χ1) is 8.72. The second-order valence-electron chi connectivity index (χ2n) is 4.23. The van der Waals surface area contributed by atoms with Gasteiger partial charge in [-0.3, -0.25) is 4.90 Å². The minimum atomic E-state index is -0.116. The Hall–Kier alpha value is -1.75. The molecule has 1 aliphatic rings. The summed E-state index contributed by atoms with van der Waals surface area (Å²) >= 11 is 0. The maximum atomic E-state index is 12.1. The fraction of sp³-hybridized carbons (Fsp3) is 0.462. The van der Waals surface area contributed by atoms with Crippen molar-refractivity contribution in [1.82, 2.24) is 5.32 Å². The molecule has 5 heteroatoms. The molecule has 98 valence electrons. The van der Waals surface area contributed by atoms with Crippen LogP contribution in [0, 0.1) is 0 Å². The van der Waals surface area contributed by atoms with E-state index in [0.717, 1.165) is 11.4 Å². The fourth-order valence-corrected chi connectivity index (χ4v) is 1.94. The van der Waals surface area contributed by atoms with E-state index in [2.05, 4.69) is 5.32 Å². The van der Waals surface area contributed by atoms with Crippen molar-refractivity contribution in [3.8, 4) is 5.75 Å². The quantitative estimate of drug-likeness (QED) is 0.829. The van der Waals surface area contributed by atoms with E-state index >= 15 is 0 Å². The molecule has 18 heavy (non-hydrogen) atoms. The van der Waals surface area contributed by atoms with Crippen molar-refractivity contribution in [2.24, 2.45) is 0 Å². The molecule has 1 aromatic rings. The van der Waals surface area contributed by atoms with Crippen molar-refractivity contribution in [3.05, 3.63) is 24.3 Å². The first-order valence-electron chi connectivity index (χ1n) is 6.02. The molecule has 0 aliphatic carbocycles. The summed E-state index contributed by atoms with van der Waals surface area (Å²) in [5.74, 6) is 0.748. The van der Waals surface area contributed by atoms with Crippen LogP contribution in [-0.2, 0) is 4.74 Å². The Morgan fingerprint density at radius 1 is 1.56 bits per heavy atom. The number of methoxy groups -OCH3 is 1. The summed E-state index contributed by atoms with van der Waals surface area (Å²) in [5, 5.41) is 2.82. The molecule has 0 saturated heterocycles. The molecule has 1 aliphatic heterocycles. The average Bonchev–Trinajstić information content (AvgIpc) is 2.38. The number of nitrogens with zero attached hydrogens (tertiary/aromatic N) is 1. The minimum absolute atomic E-state index is 0.00641. The Labute approximate surface area is 107 Å². The predicted molar refractivity (Wildman–Crippen MR) is 69.2 cm³/mol. The van der Waals surface area contributed by atoms with E-state index in [0.29, 0.717) is 19.7 Å². The minimum Gasteiger partial charge on any atom is -0.487 e. The normalized spacial score (nSPS) is 17.9. The summed E-state index contributed by atoms with van der Waals surface area (Å²) < 4.78 is 10.6. The molecule has 1 aromatic carbocycles. The van der Waals surface area contributed by atoms with Crippen molar-refractivity contribution < 1.29 is 14.3 Å². The summed E-state index contributed by atoms with van der Waals surface area (Å²) in [5.41, 5.74) is 0.811. The first-order valence-corrected chi connectivity index (χ1v) is 6.02. The number of carbonyl (C=O) groups excluding carboxylic acids is 1. The summed E-state index contributed by atoms with van der Waals surface area (Å²) in [6.07, 6.45) is -0.00641. The van der Waals surface area contributed by atoms with Crippen LogP contribution >= 0.6 is 0 Å². The number of benzene rings is 1. The fourth-order valence-electron chi connectivity index (χ4n) is 1.94. The first kappa shape index (κ1) is 12.7. The number of ether oxygens (including phenoxy) is 2. The Morgan fingerprint density at radius 3 is 3.11 bits per heavy atom. The molecule has 2 amide bonds. The van der Waals surface area contributed by atoms with Gasteiger partial charge in [0.25, 0.3) is 0 Å². The van der Waals surface area contributed by atoms with E-state index in [4.69, 9.17) is 9.47 Å². The summed E-state index contributed by atoms with van der Waals surface area (Å²) in [7, 11) is 1.61. The lowest BCUT2D eigenvalue weighted by Gasteiger charge is -2.33. The molecule has 0 aromatic heterocycles. The number of nitrogens with one attached hydrogen (secondary N) is 1. The van der Waals surface area contributed by atoms with Gasteiger partial charge in [0.1, 0.15) is 11.9 Å². The monoisotopic (exact) mass is 250 g/mol. The van der Waals surface area contributed by atoms with Crippen LogP contribution < -0.4 is 15.0 Å². The van der Waals surface area contributed by atoms with Gasteiger partial charge in [0.2, 0.25) is 0 Å². The highest BCUT2D eigenvalue weighted by atomic mass is 16.5. The molecule has 0 bridgehead atoms. The molecule has 0 saturated carbocycles. The third-order valence-corrected chi connectivity index (χ3v) is 2.75. The van der Waals surface area contributed by atoms with Crippen LogP contribution in [0.2, 0.25) is 0 Å². The number of hydrogen-bond donors (Lipinski definition) is 1. The number of amides is 2. The van der Waals surface area contributed by atoms with Crippen molar-refractivity contribution in [3.63, 3.8) is 0 Å². The topological polar surface area (TPSA) is 50.8 Å². The molecule has 0 spiro atoms. The molecule has 1 heterocycles. The van der Waals surface area contributed by atoms with E-state index in [1.165, 1.54) is 0 Å². The molecule has 1 N–H and O–H groups in total. The maximum Gasteiger partial charge on any atom is 0.322 e. The standard InChI is InChI=1S/C13H18N2O3/c1-10-9-15(13(16)14-7-8-17-2)11-5-3-4-6-12(11)18-10/h3-6,10H,7-9H2,1-2H3,(H,14,16). The number of fused-ring (bicyclic) bond motifs is 1. The summed E-state index contributed by atoms with van der Waals surface area (Å²) in [6, 6.07) is 7.44.